The maximum atomic E-state index is 10.4. The minimum atomic E-state index is 0.576. The first kappa shape index (κ1) is 7.53. The topological polar surface area (TPSA) is 17.1 Å². The van der Waals surface area contributed by atoms with Gasteiger partial charge >= 0.3 is 0 Å². The zero-order valence-corrected chi connectivity index (χ0v) is 6.99. The fourth-order valence-electron chi connectivity index (χ4n) is 1.60. The Balaban J connectivity index is 2.29. The Kier molecular flexibility index (Phi) is 1.94. The lowest BCUT2D eigenvalue weighted by Crippen LogP contribution is -1.92. The van der Waals surface area contributed by atoms with Crippen molar-refractivity contribution in [1.82, 2.24) is 0 Å². The molecule has 0 N–H and O–H groups in total. The second-order valence-electron chi connectivity index (χ2n) is 3.34. The molecule has 0 atom stereocenters. The van der Waals surface area contributed by atoms with Gasteiger partial charge in [-0.15, -0.1) is 0 Å². The molecule has 12 heavy (non-hydrogen) atoms. The molecule has 1 heteroatoms. The largest absolute Gasteiger partial charge is 0.303 e. The van der Waals surface area contributed by atoms with E-state index in [1.54, 1.807) is 0 Å². The molecular weight excluding hydrogens is 148 g/mol. The zero-order chi connectivity index (χ0) is 8.39. The van der Waals surface area contributed by atoms with Crippen LogP contribution < -0.4 is 0 Å². The summed E-state index contributed by atoms with van der Waals surface area (Å²) in [6.45, 7) is 0. The van der Waals surface area contributed by atoms with Crippen molar-refractivity contribution in [2.24, 2.45) is 0 Å². The van der Waals surface area contributed by atoms with E-state index in [0.29, 0.717) is 6.42 Å². The molecule has 0 bridgehead atoms. The molecule has 2 rings (SSSR count). The Morgan fingerprint density at radius 1 is 1.33 bits per heavy atom. The average molecular weight is 160 g/mol. The van der Waals surface area contributed by atoms with Crippen LogP contribution in [0.2, 0.25) is 0 Å². The molecule has 1 saturated carbocycles. The molecule has 0 heterocycles. The SMILES string of the molecule is O=CCc1ccccc1C1CC1. The fourth-order valence-corrected chi connectivity index (χ4v) is 1.60. The molecule has 0 aliphatic heterocycles. The van der Waals surface area contributed by atoms with Crippen LogP contribution in [0.15, 0.2) is 24.3 Å². The Labute approximate surface area is 72.4 Å². The molecule has 1 aromatic rings. The van der Waals surface area contributed by atoms with Crippen LogP contribution in [0.3, 0.4) is 0 Å². The zero-order valence-electron chi connectivity index (χ0n) is 6.99. The van der Waals surface area contributed by atoms with E-state index in [0.717, 1.165) is 12.2 Å². The first-order valence-electron chi connectivity index (χ1n) is 4.43. The standard InChI is InChI=1S/C11H12O/c12-8-7-9-3-1-2-4-11(9)10-5-6-10/h1-4,8,10H,5-7H2. The number of aldehydes is 1. The molecule has 1 aliphatic rings. The predicted octanol–water partition coefficient (Wildman–Crippen LogP) is 2.31. The van der Waals surface area contributed by atoms with Crippen LogP contribution in [-0.2, 0) is 11.2 Å². The number of hydrogen-bond acceptors (Lipinski definition) is 1. The maximum Gasteiger partial charge on any atom is 0.124 e. The molecule has 0 aromatic heterocycles. The second-order valence-corrected chi connectivity index (χ2v) is 3.34. The molecule has 0 amide bonds. The van der Waals surface area contributed by atoms with E-state index in [2.05, 4.69) is 18.2 Å². The van der Waals surface area contributed by atoms with Crippen molar-refractivity contribution in [3.63, 3.8) is 0 Å². The van der Waals surface area contributed by atoms with E-state index < -0.39 is 0 Å². The Morgan fingerprint density at radius 2 is 2.08 bits per heavy atom. The van der Waals surface area contributed by atoms with Gasteiger partial charge in [0.05, 0.1) is 0 Å². The van der Waals surface area contributed by atoms with Gasteiger partial charge in [-0.25, -0.2) is 0 Å². The van der Waals surface area contributed by atoms with Gasteiger partial charge in [0.15, 0.2) is 0 Å². The van der Waals surface area contributed by atoms with Gasteiger partial charge < -0.3 is 4.79 Å². The molecule has 0 saturated heterocycles. The summed E-state index contributed by atoms with van der Waals surface area (Å²) in [4.78, 5) is 10.4. The Hall–Kier alpha value is -1.11. The van der Waals surface area contributed by atoms with Crippen molar-refractivity contribution in [2.45, 2.75) is 25.2 Å². The van der Waals surface area contributed by atoms with Gasteiger partial charge in [-0.05, 0) is 29.9 Å². The van der Waals surface area contributed by atoms with Crippen LogP contribution in [0.1, 0.15) is 29.9 Å². The summed E-state index contributed by atoms with van der Waals surface area (Å²) in [6.07, 6.45) is 4.17. The minimum absolute atomic E-state index is 0.576. The van der Waals surface area contributed by atoms with Crippen molar-refractivity contribution in [2.75, 3.05) is 0 Å². The highest BCUT2D eigenvalue weighted by Gasteiger charge is 2.25. The lowest BCUT2D eigenvalue weighted by Gasteiger charge is -2.03. The molecule has 62 valence electrons. The molecule has 1 fully saturated rings. The Morgan fingerprint density at radius 3 is 2.75 bits per heavy atom. The lowest BCUT2D eigenvalue weighted by molar-refractivity contribution is -0.107. The second kappa shape index (κ2) is 3.10. The summed E-state index contributed by atoms with van der Waals surface area (Å²) in [7, 11) is 0. The normalized spacial score (nSPS) is 16.0. The smallest absolute Gasteiger partial charge is 0.124 e. The summed E-state index contributed by atoms with van der Waals surface area (Å²) in [6, 6.07) is 8.27. The molecule has 1 aromatic carbocycles. The molecular formula is C11H12O. The molecule has 0 radical (unpaired) electrons. The molecule has 0 unspecified atom stereocenters. The molecule has 1 nitrogen and oxygen atoms in total. The van der Waals surface area contributed by atoms with Crippen LogP contribution in [-0.4, -0.2) is 6.29 Å². The van der Waals surface area contributed by atoms with Crippen LogP contribution >= 0.6 is 0 Å². The third-order valence-electron chi connectivity index (χ3n) is 2.38. The van der Waals surface area contributed by atoms with Gasteiger partial charge in [0, 0.05) is 6.42 Å². The number of rotatable bonds is 3. The van der Waals surface area contributed by atoms with Crippen LogP contribution in [0, 0.1) is 0 Å². The van der Waals surface area contributed by atoms with Crippen LogP contribution in [0.25, 0.3) is 0 Å². The van der Waals surface area contributed by atoms with Crippen molar-refractivity contribution in [3.8, 4) is 0 Å². The summed E-state index contributed by atoms with van der Waals surface area (Å²) in [5, 5.41) is 0. The first-order chi connectivity index (χ1) is 5.92. The van der Waals surface area contributed by atoms with Crippen molar-refractivity contribution in [1.29, 1.82) is 0 Å². The van der Waals surface area contributed by atoms with Crippen molar-refractivity contribution in [3.05, 3.63) is 35.4 Å². The van der Waals surface area contributed by atoms with Gasteiger partial charge in [-0.2, -0.15) is 0 Å². The highest BCUT2D eigenvalue weighted by molar-refractivity contribution is 5.56. The highest BCUT2D eigenvalue weighted by atomic mass is 16.1. The third-order valence-corrected chi connectivity index (χ3v) is 2.38. The van der Waals surface area contributed by atoms with Crippen LogP contribution in [0.5, 0.6) is 0 Å². The van der Waals surface area contributed by atoms with Gasteiger partial charge in [-0.3, -0.25) is 0 Å². The fraction of sp³-hybridized carbons (Fsp3) is 0.364. The van der Waals surface area contributed by atoms with Crippen molar-refractivity contribution < 1.29 is 4.79 Å². The summed E-state index contributed by atoms with van der Waals surface area (Å²) in [5.74, 6) is 0.751. The van der Waals surface area contributed by atoms with Gasteiger partial charge in [-0.1, -0.05) is 24.3 Å². The number of carbonyl (C=O) groups is 1. The number of hydrogen-bond donors (Lipinski definition) is 0. The maximum absolute atomic E-state index is 10.4. The van der Waals surface area contributed by atoms with Gasteiger partial charge in [0.25, 0.3) is 0 Å². The molecule has 0 spiro atoms. The quantitative estimate of drug-likeness (QED) is 0.620. The van der Waals surface area contributed by atoms with E-state index >= 15 is 0 Å². The summed E-state index contributed by atoms with van der Waals surface area (Å²) in [5.41, 5.74) is 2.61. The van der Waals surface area contributed by atoms with E-state index in [9.17, 15) is 4.79 Å². The summed E-state index contributed by atoms with van der Waals surface area (Å²) < 4.78 is 0. The highest BCUT2D eigenvalue weighted by Crippen LogP contribution is 2.41. The number of carbonyl (C=O) groups excluding carboxylic acids is 1. The van der Waals surface area contributed by atoms with Crippen molar-refractivity contribution >= 4 is 6.29 Å². The predicted molar refractivity (Wildman–Crippen MR) is 48.2 cm³/mol. The third kappa shape index (κ3) is 1.40. The monoisotopic (exact) mass is 160 g/mol. The van der Waals surface area contributed by atoms with Crippen LogP contribution in [0.4, 0.5) is 0 Å². The van der Waals surface area contributed by atoms with Gasteiger partial charge in [0.1, 0.15) is 6.29 Å². The first-order valence-corrected chi connectivity index (χ1v) is 4.43. The summed E-state index contributed by atoms with van der Waals surface area (Å²) >= 11 is 0. The van der Waals surface area contributed by atoms with E-state index in [-0.39, 0.29) is 0 Å². The average Bonchev–Trinajstić information content (AvgIpc) is 2.89. The van der Waals surface area contributed by atoms with E-state index in [1.165, 1.54) is 24.0 Å². The minimum Gasteiger partial charge on any atom is -0.303 e. The molecule has 1 aliphatic carbocycles. The lowest BCUT2D eigenvalue weighted by atomic mass is 10.0. The van der Waals surface area contributed by atoms with E-state index in [1.807, 2.05) is 6.07 Å². The van der Waals surface area contributed by atoms with Gasteiger partial charge in [0.2, 0.25) is 0 Å². The van der Waals surface area contributed by atoms with E-state index in [4.69, 9.17) is 0 Å². The number of benzene rings is 1. The Bertz CT molecular complexity index is 287.